The Morgan fingerprint density at radius 2 is 2.31 bits per heavy atom. The van der Waals surface area contributed by atoms with Gasteiger partial charge in [-0.25, -0.2) is 4.99 Å². The summed E-state index contributed by atoms with van der Waals surface area (Å²) in [5.41, 5.74) is 7.92. The second-order valence-corrected chi connectivity index (χ2v) is 2.29. The van der Waals surface area contributed by atoms with E-state index >= 15 is 0 Å². The molecule has 0 saturated heterocycles. The van der Waals surface area contributed by atoms with Gasteiger partial charge in [0.15, 0.2) is 5.96 Å². The molecule has 0 spiro atoms. The van der Waals surface area contributed by atoms with Gasteiger partial charge in [0.25, 0.3) is 17.5 Å². The van der Waals surface area contributed by atoms with Crippen LogP contribution in [-0.2, 0) is 14.4 Å². The summed E-state index contributed by atoms with van der Waals surface area (Å²) in [6, 6.07) is 0. The van der Waals surface area contributed by atoms with Crippen molar-refractivity contribution >= 4 is 24.2 Å². The number of primary amides is 1. The van der Waals surface area contributed by atoms with E-state index in [2.05, 4.69) is 4.99 Å². The molecular formula is C5H7N5O3. The summed E-state index contributed by atoms with van der Waals surface area (Å²) in [5, 5.41) is 3.94. The number of nitrogens with zero attached hydrogens (tertiary/aromatic N) is 1. The fourth-order valence-corrected chi connectivity index (χ4v) is 0.887. The van der Waals surface area contributed by atoms with Crippen LogP contribution < -0.4 is 22.1 Å². The normalized spacial score (nSPS) is 26.2. The molecule has 8 heteroatoms. The number of hydrogen-bond donors (Lipinski definition) is 4. The van der Waals surface area contributed by atoms with Crippen molar-refractivity contribution in [1.29, 1.82) is 0 Å². The number of carbonyl (C=O) groups excluding carboxylic acids is 3. The second kappa shape index (κ2) is 2.73. The molecule has 0 saturated carbocycles. The first-order valence-corrected chi connectivity index (χ1v) is 3.21. The van der Waals surface area contributed by atoms with Crippen molar-refractivity contribution in [3.05, 3.63) is 0 Å². The van der Waals surface area contributed by atoms with Gasteiger partial charge in [0.05, 0.1) is 0 Å². The van der Waals surface area contributed by atoms with E-state index in [1.165, 1.54) is 0 Å². The van der Waals surface area contributed by atoms with Crippen LogP contribution in [0.5, 0.6) is 0 Å². The fraction of sp³-hybridized carbons (Fsp3) is 0.200. The van der Waals surface area contributed by atoms with E-state index in [4.69, 9.17) is 11.5 Å². The average Bonchev–Trinajstić information content (AvgIpc) is 2.28. The minimum Gasteiger partial charge on any atom is -0.370 e. The highest BCUT2D eigenvalue weighted by molar-refractivity contribution is 6.19. The summed E-state index contributed by atoms with van der Waals surface area (Å²) < 4.78 is 0. The van der Waals surface area contributed by atoms with Crippen LogP contribution in [0.2, 0.25) is 0 Å². The molecule has 1 rings (SSSR count). The summed E-state index contributed by atoms with van der Waals surface area (Å²) in [5.74, 6) is -2.24. The Bertz CT molecular complexity index is 311. The van der Waals surface area contributed by atoms with E-state index in [9.17, 15) is 14.4 Å². The first kappa shape index (κ1) is 8.97. The van der Waals surface area contributed by atoms with Crippen molar-refractivity contribution in [3.8, 4) is 0 Å². The van der Waals surface area contributed by atoms with Gasteiger partial charge in [0.1, 0.15) is 0 Å². The van der Waals surface area contributed by atoms with Gasteiger partial charge >= 0.3 is 0 Å². The number of nitrogens with two attached hydrogens (primary N) is 2. The minimum absolute atomic E-state index is 0.145. The molecule has 3 amide bonds. The fourth-order valence-electron chi connectivity index (χ4n) is 0.887. The first-order valence-electron chi connectivity index (χ1n) is 3.21. The molecule has 0 aliphatic carbocycles. The second-order valence-electron chi connectivity index (χ2n) is 2.29. The molecule has 0 aromatic carbocycles. The number of aliphatic imine (C=N–C) groups is 1. The van der Waals surface area contributed by atoms with Gasteiger partial charge in [-0.1, -0.05) is 0 Å². The highest BCUT2D eigenvalue weighted by Gasteiger charge is 2.48. The van der Waals surface area contributed by atoms with E-state index in [-0.39, 0.29) is 12.4 Å². The zero-order valence-electron chi connectivity index (χ0n) is 6.40. The molecule has 6 N–H and O–H groups in total. The van der Waals surface area contributed by atoms with Crippen molar-refractivity contribution in [3.63, 3.8) is 0 Å². The number of hydrogen-bond acceptors (Lipinski definition) is 5. The Hall–Kier alpha value is -2.12. The van der Waals surface area contributed by atoms with Gasteiger partial charge in [-0.15, -0.1) is 0 Å². The number of guanidine groups is 1. The minimum atomic E-state index is -2.09. The van der Waals surface area contributed by atoms with Crippen LogP contribution >= 0.6 is 0 Å². The molecule has 70 valence electrons. The van der Waals surface area contributed by atoms with Crippen molar-refractivity contribution in [2.75, 3.05) is 0 Å². The lowest BCUT2D eigenvalue weighted by Crippen LogP contribution is -2.59. The topological polar surface area (TPSA) is 140 Å². The Morgan fingerprint density at radius 1 is 1.69 bits per heavy atom. The number of amides is 3. The molecule has 13 heavy (non-hydrogen) atoms. The average molecular weight is 185 g/mol. The summed E-state index contributed by atoms with van der Waals surface area (Å²) >= 11 is 0. The largest absolute Gasteiger partial charge is 0.370 e. The van der Waals surface area contributed by atoms with Crippen LogP contribution in [0, 0.1) is 0 Å². The Morgan fingerprint density at radius 3 is 2.62 bits per heavy atom. The van der Waals surface area contributed by atoms with Crippen LogP contribution in [0.1, 0.15) is 0 Å². The molecule has 0 bridgehead atoms. The number of nitrogens with one attached hydrogen (secondary N) is 2. The summed E-state index contributed by atoms with van der Waals surface area (Å²) in [6.07, 6.45) is 0.145. The maximum Gasteiger partial charge on any atom is 0.294 e. The van der Waals surface area contributed by atoms with Crippen LogP contribution in [0.15, 0.2) is 4.99 Å². The van der Waals surface area contributed by atoms with Gasteiger partial charge in [-0.2, -0.15) is 0 Å². The van der Waals surface area contributed by atoms with Crippen LogP contribution in [0.4, 0.5) is 0 Å². The lowest BCUT2D eigenvalue weighted by molar-refractivity contribution is -0.137. The molecule has 0 radical (unpaired) electrons. The molecule has 0 aromatic heterocycles. The first-order chi connectivity index (χ1) is 6.03. The molecule has 0 aromatic rings. The van der Waals surface area contributed by atoms with E-state index in [0.29, 0.717) is 0 Å². The quantitative estimate of drug-likeness (QED) is 0.266. The van der Waals surface area contributed by atoms with Gasteiger partial charge in [-0.05, 0) is 0 Å². The van der Waals surface area contributed by atoms with Crippen molar-refractivity contribution < 1.29 is 14.4 Å². The van der Waals surface area contributed by atoms with E-state index in [1.54, 1.807) is 0 Å². The smallest absolute Gasteiger partial charge is 0.294 e. The molecule has 1 aliphatic heterocycles. The van der Waals surface area contributed by atoms with E-state index in [0.717, 1.165) is 0 Å². The monoisotopic (exact) mass is 185 g/mol. The molecule has 0 fully saturated rings. The molecule has 1 heterocycles. The molecule has 8 nitrogen and oxygen atoms in total. The number of rotatable bonds is 3. The molecule has 1 atom stereocenters. The van der Waals surface area contributed by atoms with Gasteiger partial charge < -0.3 is 16.8 Å². The standard InChI is InChI=1S/C5H7N5O3/c6-2(12)5(8-1-11)3(13)9-4(7)10-5/h1H,(H2,6,12)(H,8,11)(H3,7,9,10,13). The molecule has 1 unspecified atom stereocenters. The predicted octanol–water partition coefficient (Wildman–Crippen LogP) is -3.64. The number of carbonyl (C=O) groups is 3. The SMILES string of the molecule is NC(=O)C1(NC=O)N=C(N)NC1=O. The van der Waals surface area contributed by atoms with E-state index in [1.807, 2.05) is 10.6 Å². The van der Waals surface area contributed by atoms with Crippen LogP contribution in [-0.4, -0.2) is 29.8 Å². The Labute approximate surface area is 72.4 Å². The zero-order valence-corrected chi connectivity index (χ0v) is 6.40. The zero-order chi connectivity index (χ0) is 10.1. The van der Waals surface area contributed by atoms with Gasteiger partial charge in [0.2, 0.25) is 6.41 Å². The van der Waals surface area contributed by atoms with Crippen molar-refractivity contribution in [1.82, 2.24) is 10.6 Å². The third-order valence-corrected chi connectivity index (χ3v) is 1.48. The van der Waals surface area contributed by atoms with Crippen LogP contribution in [0.3, 0.4) is 0 Å². The lowest BCUT2D eigenvalue weighted by atomic mass is 10.1. The Kier molecular flexibility index (Phi) is 1.89. The van der Waals surface area contributed by atoms with Crippen molar-refractivity contribution in [2.45, 2.75) is 5.66 Å². The predicted molar refractivity (Wildman–Crippen MR) is 40.9 cm³/mol. The maximum absolute atomic E-state index is 11.1. The highest BCUT2D eigenvalue weighted by Crippen LogP contribution is 2.10. The van der Waals surface area contributed by atoms with Crippen molar-refractivity contribution in [2.24, 2.45) is 16.5 Å². The summed E-state index contributed by atoms with van der Waals surface area (Å²) in [6.45, 7) is 0. The van der Waals surface area contributed by atoms with Gasteiger partial charge in [0, 0.05) is 0 Å². The summed E-state index contributed by atoms with van der Waals surface area (Å²) in [7, 11) is 0. The molecule has 1 aliphatic rings. The molecular weight excluding hydrogens is 178 g/mol. The van der Waals surface area contributed by atoms with Gasteiger partial charge in [-0.3, -0.25) is 19.7 Å². The highest BCUT2D eigenvalue weighted by atomic mass is 16.2. The van der Waals surface area contributed by atoms with Crippen LogP contribution in [0.25, 0.3) is 0 Å². The Balaban J connectivity index is 3.10. The lowest BCUT2D eigenvalue weighted by Gasteiger charge is -2.16. The summed E-state index contributed by atoms with van der Waals surface area (Å²) in [4.78, 5) is 35.5. The van der Waals surface area contributed by atoms with E-state index < -0.39 is 17.5 Å². The third-order valence-electron chi connectivity index (χ3n) is 1.48. The third kappa shape index (κ3) is 1.17. The maximum atomic E-state index is 11.1.